The fourth-order valence-electron chi connectivity index (χ4n) is 2.46. The molecule has 2 atom stereocenters. The molecule has 0 aliphatic heterocycles. The van der Waals surface area contributed by atoms with Gasteiger partial charge in [-0.15, -0.1) is 0 Å². The standard InChI is InChI=1S/C14H21NO/c1-11-5-2-3-6-12(11)9-10-15-13-7-4-8-14(13)16/h2-3,5-6,13-16H,4,7-10H2,1H3/t13-,14-/m1/s1. The summed E-state index contributed by atoms with van der Waals surface area (Å²) in [5.41, 5.74) is 2.76. The number of hydrogen-bond donors (Lipinski definition) is 2. The Kier molecular flexibility index (Phi) is 3.97. The monoisotopic (exact) mass is 219 g/mol. The molecule has 0 radical (unpaired) electrons. The highest BCUT2D eigenvalue weighted by molar-refractivity contribution is 5.25. The minimum Gasteiger partial charge on any atom is -0.392 e. The van der Waals surface area contributed by atoms with E-state index in [0.717, 1.165) is 32.2 Å². The summed E-state index contributed by atoms with van der Waals surface area (Å²) in [4.78, 5) is 0. The van der Waals surface area contributed by atoms with Crippen LogP contribution in [0.1, 0.15) is 30.4 Å². The molecule has 1 aliphatic carbocycles. The van der Waals surface area contributed by atoms with Gasteiger partial charge in [0.1, 0.15) is 0 Å². The van der Waals surface area contributed by atoms with Gasteiger partial charge in [0, 0.05) is 6.04 Å². The lowest BCUT2D eigenvalue weighted by molar-refractivity contribution is 0.149. The van der Waals surface area contributed by atoms with Crippen LogP contribution >= 0.6 is 0 Å². The summed E-state index contributed by atoms with van der Waals surface area (Å²) in [7, 11) is 0. The van der Waals surface area contributed by atoms with E-state index in [1.165, 1.54) is 11.1 Å². The van der Waals surface area contributed by atoms with Gasteiger partial charge in [-0.3, -0.25) is 0 Å². The van der Waals surface area contributed by atoms with E-state index in [2.05, 4.69) is 36.5 Å². The lowest BCUT2D eigenvalue weighted by Crippen LogP contribution is -2.36. The molecule has 0 amide bonds. The highest BCUT2D eigenvalue weighted by Gasteiger charge is 2.23. The maximum Gasteiger partial charge on any atom is 0.0693 e. The highest BCUT2D eigenvalue weighted by atomic mass is 16.3. The smallest absolute Gasteiger partial charge is 0.0693 e. The van der Waals surface area contributed by atoms with Gasteiger partial charge in [0.2, 0.25) is 0 Å². The quantitative estimate of drug-likeness (QED) is 0.812. The Morgan fingerprint density at radius 3 is 2.81 bits per heavy atom. The Morgan fingerprint density at radius 2 is 2.12 bits per heavy atom. The van der Waals surface area contributed by atoms with E-state index in [9.17, 15) is 5.11 Å². The third-order valence-electron chi connectivity index (χ3n) is 3.54. The van der Waals surface area contributed by atoms with Crippen LogP contribution in [-0.4, -0.2) is 23.8 Å². The molecular formula is C14H21NO. The largest absolute Gasteiger partial charge is 0.392 e. The Morgan fingerprint density at radius 1 is 1.31 bits per heavy atom. The summed E-state index contributed by atoms with van der Waals surface area (Å²) in [6.45, 7) is 3.12. The second kappa shape index (κ2) is 5.46. The van der Waals surface area contributed by atoms with Gasteiger partial charge in [-0.1, -0.05) is 24.3 Å². The Labute approximate surface area is 97.7 Å². The van der Waals surface area contributed by atoms with E-state index in [1.807, 2.05) is 0 Å². The van der Waals surface area contributed by atoms with E-state index >= 15 is 0 Å². The van der Waals surface area contributed by atoms with Gasteiger partial charge < -0.3 is 10.4 Å². The Bertz CT molecular complexity index is 337. The predicted octanol–water partition coefficient (Wildman–Crippen LogP) is 2.04. The van der Waals surface area contributed by atoms with Crippen molar-refractivity contribution in [2.75, 3.05) is 6.54 Å². The predicted molar refractivity (Wildman–Crippen MR) is 66.5 cm³/mol. The van der Waals surface area contributed by atoms with Gasteiger partial charge >= 0.3 is 0 Å². The molecule has 1 fully saturated rings. The third-order valence-corrected chi connectivity index (χ3v) is 3.54. The molecule has 0 aromatic heterocycles. The molecule has 0 saturated heterocycles. The second-order valence-electron chi connectivity index (χ2n) is 4.74. The van der Waals surface area contributed by atoms with Crippen molar-refractivity contribution in [1.82, 2.24) is 5.32 Å². The van der Waals surface area contributed by atoms with Gasteiger partial charge in [0.25, 0.3) is 0 Å². The summed E-state index contributed by atoms with van der Waals surface area (Å²) in [5.74, 6) is 0. The van der Waals surface area contributed by atoms with Crippen LogP contribution in [0.15, 0.2) is 24.3 Å². The first kappa shape index (κ1) is 11.6. The molecule has 1 aromatic rings. The zero-order chi connectivity index (χ0) is 11.4. The zero-order valence-electron chi connectivity index (χ0n) is 9.95. The van der Waals surface area contributed by atoms with E-state index in [0.29, 0.717) is 6.04 Å². The number of hydrogen-bond acceptors (Lipinski definition) is 2. The molecule has 1 aliphatic rings. The van der Waals surface area contributed by atoms with Crippen molar-refractivity contribution < 1.29 is 5.11 Å². The van der Waals surface area contributed by atoms with Crippen LogP contribution in [-0.2, 0) is 6.42 Å². The van der Waals surface area contributed by atoms with E-state index in [-0.39, 0.29) is 6.10 Å². The fourth-order valence-corrected chi connectivity index (χ4v) is 2.46. The maximum atomic E-state index is 9.68. The molecule has 2 rings (SSSR count). The molecule has 88 valence electrons. The zero-order valence-corrected chi connectivity index (χ0v) is 9.95. The molecule has 1 saturated carbocycles. The number of nitrogens with one attached hydrogen (secondary N) is 1. The summed E-state index contributed by atoms with van der Waals surface area (Å²) in [6.07, 6.45) is 4.16. The van der Waals surface area contributed by atoms with Crippen molar-refractivity contribution in [3.63, 3.8) is 0 Å². The van der Waals surface area contributed by atoms with Crippen LogP contribution in [0.25, 0.3) is 0 Å². The summed E-state index contributed by atoms with van der Waals surface area (Å²) in [5, 5.41) is 13.1. The first-order chi connectivity index (χ1) is 7.77. The van der Waals surface area contributed by atoms with Crippen molar-refractivity contribution in [3.8, 4) is 0 Å². The molecule has 2 heteroatoms. The van der Waals surface area contributed by atoms with Crippen LogP contribution in [0.5, 0.6) is 0 Å². The molecule has 16 heavy (non-hydrogen) atoms. The van der Waals surface area contributed by atoms with Crippen molar-refractivity contribution >= 4 is 0 Å². The average molecular weight is 219 g/mol. The van der Waals surface area contributed by atoms with Crippen LogP contribution in [0, 0.1) is 6.92 Å². The third kappa shape index (κ3) is 2.83. The van der Waals surface area contributed by atoms with Crippen LogP contribution < -0.4 is 5.32 Å². The Balaban J connectivity index is 1.78. The van der Waals surface area contributed by atoms with E-state index in [1.54, 1.807) is 0 Å². The van der Waals surface area contributed by atoms with Crippen molar-refractivity contribution in [2.45, 2.75) is 44.8 Å². The number of aliphatic hydroxyl groups excluding tert-OH is 1. The van der Waals surface area contributed by atoms with Crippen LogP contribution in [0.4, 0.5) is 0 Å². The molecular weight excluding hydrogens is 198 g/mol. The normalized spacial score (nSPS) is 24.9. The fraction of sp³-hybridized carbons (Fsp3) is 0.571. The van der Waals surface area contributed by atoms with Crippen molar-refractivity contribution in [1.29, 1.82) is 0 Å². The molecule has 0 unspecified atom stereocenters. The van der Waals surface area contributed by atoms with Crippen LogP contribution in [0.3, 0.4) is 0 Å². The first-order valence-electron chi connectivity index (χ1n) is 6.23. The lowest BCUT2D eigenvalue weighted by Gasteiger charge is -2.16. The topological polar surface area (TPSA) is 32.3 Å². The average Bonchev–Trinajstić information content (AvgIpc) is 2.67. The SMILES string of the molecule is Cc1ccccc1CCN[C@@H]1CCC[C@H]1O. The van der Waals surface area contributed by atoms with Gasteiger partial charge in [-0.25, -0.2) is 0 Å². The van der Waals surface area contributed by atoms with Crippen molar-refractivity contribution in [3.05, 3.63) is 35.4 Å². The van der Waals surface area contributed by atoms with E-state index < -0.39 is 0 Å². The van der Waals surface area contributed by atoms with Crippen LogP contribution in [0.2, 0.25) is 0 Å². The molecule has 2 N–H and O–H groups in total. The summed E-state index contributed by atoms with van der Waals surface area (Å²) >= 11 is 0. The second-order valence-corrected chi connectivity index (χ2v) is 4.74. The summed E-state index contributed by atoms with van der Waals surface area (Å²) in [6, 6.07) is 8.82. The van der Waals surface area contributed by atoms with E-state index in [4.69, 9.17) is 0 Å². The number of rotatable bonds is 4. The molecule has 1 aromatic carbocycles. The molecule has 0 spiro atoms. The number of benzene rings is 1. The maximum absolute atomic E-state index is 9.68. The molecule has 0 bridgehead atoms. The van der Waals surface area contributed by atoms with Crippen molar-refractivity contribution in [2.24, 2.45) is 0 Å². The van der Waals surface area contributed by atoms with Gasteiger partial charge in [-0.05, 0) is 50.3 Å². The summed E-state index contributed by atoms with van der Waals surface area (Å²) < 4.78 is 0. The molecule has 2 nitrogen and oxygen atoms in total. The molecule has 0 heterocycles. The number of aryl methyl sites for hydroxylation is 1. The Hall–Kier alpha value is -0.860. The first-order valence-corrected chi connectivity index (χ1v) is 6.23. The highest BCUT2D eigenvalue weighted by Crippen LogP contribution is 2.18. The number of aliphatic hydroxyl groups is 1. The van der Waals surface area contributed by atoms with Gasteiger partial charge in [0.15, 0.2) is 0 Å². The minimum atomic E-state index is -0.128. The lowest BCUT2D eigenvalue weighted by atomic mass is 10.1. The van der Waals surface area contributed by atoms with Gasteiger partial charge in [-0.2, -0.15) is 0 Å². The van der Waals surface area contributed by atoms with Gasteiger partial charge in [0.05, 0.1) is 6.10 Å². The minimum absolute atomic E-state index is 0.128.